The first-order chi connectivity index (χ1) is 10.6. The minimum atomic E-state index is -0.275. The van der Waals surface area contributed by atoms with Gasteiger partial charge in [-0.2, -0.15) is 0 Å². The first-order valence-electron chi connectivity index (χ1n) is 7.50. The number of carbonyl (C=O) groups excluding carboxylic acids is 1. The molecule has 1 amide bonds. The van der Waals surface area contributed by atoms with Gasteiger partial charge in [-0.25, -0.2) is 9.37 Å². The number of nitrogens with zero attached hydrogens (tertiary/aromatic N) is 3. The van der Waals surface area contributed by atoms with E-state index in [0.717, 1.165) is 37.1 Å². The number of halogens is 1. The average molecular weight is 299 g/mol. The maximum atomic E-state index is 13.0. The van der Waals surface area contributed by atoms with Gasteiger partial charge in [-0.15, -0.1) is 0 Å². The van der Waals surface area contributed by atoms with Crippen LogP contribution in [0.1, 0.15) is 37.9 Å². The Morgan fingerprint density at radius 1 is 1.23 bits per heavy atom. The maximum Gasteiger partial charge on any atom is 0.220 e. The van der Waals surface area contributed by atoms with E-state index in [0.29, 0.717) is 5.69 Å². The molecule has 1 saturated heterocycles. The Hall–Kier alpha value is -2.30. The van der Waals surface area contributed by atoms with Crippen molar-refractivity contribution in [1.82, 2.24) is 14.9 Å². The van der Waals surface area contributed by atoms with Crippen molar-refractivity contribution in [3.63, 3.8) is 0 Å². The largest absolute Gasteiger partial charge is 0.334 e. The van der Waals surface area contributed by atoms with Crippen LogP contribution in [-0.2, 0) is 4.79 Å². The van der Waals surface area contributed by atoms with Crippen LogP contribution in [0.15, 0.2) is 36.7 Å². The Morgan fingerprint density at radius 2 is 2.00 bits per heavy atom. The van der Waals surface area contributed by atoms with Crippen molar-refractivity contribution in [3.8, 4) is 11.3 Å². The third-order valence-corrected chi connectivity index (χ3v) is 4.04. The molecule has 0 unspecified atom stereocenters. The Bertz CT molecular complexity index is 672. The van der Waals surface area contributed by atoms with Crippen molar-refractivity contribution in [1.29, 1.82) is 0 Å². The zero-order valence-corrected chi connectivity index (χ0v) is 12.5. The van der Waals surface area contributed by atoms with E-state index in [1.54, 1.807) is 31.5 Å². The van der Waals surface area contributed by atoms with Crippen molar-refractivity contribution in [2.75, 3.05) is 6.54 Å². The molecule has 4 nitrogen and oxygen atoms in total. The minimum absolute atomic E-state index is 0.0147. The van der Waals surface area contributed by atoms with Crippen LogP contribution in [0.4, 0.5) is 4.39 Å². The summed E-state index contributed by atoms with van der Waals surface area (Å²) in [6.45, 7) is 2.36. The van der Waals surface area contributed by atoms with Crippen LogP contribution in [0.25, 0.3) is 11.3 Å². The fourth-order valence-electron chi connectivity index (χ4n) is 2.92. The van der Waals surface area contributed by atoms with E-state index in [1.807, 2.05) is 4.90 Å². The zero-order valence-electron chi connectivity index (χ0n) is 12.5. The van der Waals surface area contributed by atoms with Crippen LogP contribution < -0.4 is 0 Å². The number of piperidine rings is 1. The van der Waals surface area contributed by atoms with Crippen molar-refractivity contribution in [3.05, 3.63) is 48.2 Å². The molecule has 1 aliphatic heterocycles. The number of rotatable bonds is 2. The van der Waals surface area contributed by atoms with E-state index in [1.165, 1.54) is 12.1 Å². The molecule has 5 heteroatoms. The quantitative estimate of drug-likeness (QED) is 0.854. The van der Waals surface area contributed by atoms with Gasteiger partial charge in [-0.1, -0.05) is 0 Å². The molecule has 22 heavy (non-hydrogen) atoms. The van der Waals surface area contributed by atoms with E-state index in [-0.39, 0.29) is 17.8 Å². The van der Waals surface area contributed by atoms with Crippen LogP contribution in [-0.4, -0.2) is 27.3 Å². The molecule has 0 aliphatic carbocycles. The van der Waals surface area contributed by atoms with E-state index in [4.69, 9.17) is 0 Å². The van der Waals surface area contributed by atoms with E-state index < -0.39 is 0 Å². The van der Waals surface area contributed by atoms with Gasteiger partial charge in [0.1, 0.15) is 5.82 Å². The van der Waals surface area contributed by atoms with Gasteiger partial charge in [0.05, 0.1) is 29.8 Å². The molecule has 1 fully saturated rings. The molecule has 0 spiro atoms. The molecule has 0 bridgehead atoms. The van der Waals surface area contributed by atoms with Gasteiger partial charge in [0.25, 0.3) is 0 Å². The van der Waals surface area contributed by atoms with Gasteiger partial charge in [0.2, 0.25) is 5.91 Å². The molecule has 1 aliphatic rings. The van der Waals surface area contributed by atoms with Gasteiger partial charge in [-0.05, 0) is 43.5 Å². The molecule has 0 saturated carbocycles. The summed E-state index contributed by atoms with van der Waals surface area (Å²) in [5, 5.41) is 0. The second-order valence-electron chi connectivity index (χ2n) is 5.56. The molecule has 1 aromatic heterocycles. The SMILES string of the molecule is CC(=O)N1CCCC[C@@H]1c1cncc(-c2ccc(F)cc2)n1. The van der Waals surface area contributed by atoms with E-state index >= 15 is 0 Å². The Balaban J connectivity index is 1.93. The van der Waals surface area contributed by atoms with Gasteiger partial charge in [-0.3, -0.25) is 9.78 Å². The summed E-state index contributed by atoms with van der Waals surface area (Å²) in [5.74, 6) is -0.207. The van der Waals surface area contributed by atoms with Gasteiger partial charge in [0.15, 0.2) is 0 Å². The normalized spacial score (nSPS) is 18.3. The monoisotopic (exact) mass is 299 g/mol. The number of carbonyl (C=O) groups is 1. The zero-order chi connectivity index (χ0) is 15.5. The number of aromatic nitrogens is 2. The van der Waals surface area contributed by atoms with Crippen LogP contribution >= 0.6 is 0 Å². The Kier molecular flexibility index (Phi) is 4.13. The van der Waals surface area contributed by atoms with Crippen LogP contribution in [0.5, 0.6) is 0 Å². The summed E-state index contributed by atoms with van der Waals surface area (Å²) in [7, 11) is 0. The summed E-state index contributed by atoms with van der Waals surface area (Å²) in [4.78, 5) is 22.6. The third kappa shape index (κ3) is 2.98. The summed E-state index contributed by atoms with van der Waals surface area (Å²) in [6, 6.07) is 6.18. The van der Waals surface area contributed by atoms with E-state index in [2.05, 4.69) is 9.97 Å². The maximum absolute atomic E-state index is 13.0. The van der Waals surface area contributed by atoms with Crippen molar-refractivity contribution >= 4 is 5.91 Å². The number of likely N-dealkylation sites (tertiary alicyclic amines) is 1. The summed E-state index contributed by atoms with van der Waals surface area (Å²) < 4.78 is 13.0. The predicted molar refractivity (Wildman–Crippen MR) is 81.4 cm³/mol. The standard InChI is InChI=1S/C17H18FN3O/c1-12(22)21-9-3-2-4-17(21)16-11-19-10-15(20-16)13-5-7-14(18)8-6-13/h5-8,10-11,17H,2-4,9H2,1H3/t17-/m1/s1. The lowest BCUT2D eigenvalue weighted by molar-refractivity contribution is -0.132. The average Bonchev–Trinajstić information content (AvgIpc) is 2.55. The molecule has 2 heterocycles. The summed E-state index contributed by atoms with van der Waals surface area (Å²) in [5.41, 5.74) is 2.32. The first-order valence-corrected chi connectivity index (χ1v) is 7.50. The highest BCUT2D eigenvalue weighted by Crippen LogP contribution is 2.30. The minimum Gasteiger partial charge on any atom is -0.334 e. The van der Waals surface area contributed by atoms with Crippen molar-refractivity contribution in [2.24, 2.45) is 0 Å². The van der Waals surface area contributed by atoms with Crippen LogP contribution in [0.2, 0.25) is 0 Å². The lowest BCUT2D eigenvalue weighted by atomic mass is 9.99. The van der Waals surface area contributed by atoms with Gasteiger partial charge < -0.3 is 4.90 Å². The highest BCUT2D eigenvalue weighted by molar-refractivity contribution is 5.74. The second-order valence-corrected chi connectivity index (χ2v) is 5.56. The molecular weight excluding hydrogens is 281 g/mol. The smallest absolute Gasteiger partial charge is 0.220 e. The molecule has 2 aromatic rings. The highest BCUT2D eigenvalue weighted by atomic mass is 19.1. The van der Waals surface area contributed by atoms with E-state index in [9.17, 15) is 9.18 Å². The fourth-order valence-corrected chi connectivity index (χ4v) is 2.92. The van der Waals surface area contributed by atoms with Gasteiger partial charge in [0, 0.05) is 19.0 Å². The number of amides is 1. The second kappa shape index (κ2) is 6.22. The third-order valence-electron chi connectivity index (χ3n) is 4.04. The number of hydrogen-bond acceptors (Lipinski definition) is 3. The highest BCUT2D eigenvalue weighted by Gasteiger charge is 2.27. The summed E-state index contributed by atoms with van der Waals surface area (Å²) >= 11 is 0. The first kappa shape index (κ1) is 14.6. The molecular formula is C17H18FN3O. The number of hydrogen-bond donors (Lipinski definition) is 0. The molecule has 3 rings (SSSR count). The molecule has 1 aromatic carbocycles. The molecule has 0 N–H and O–H groups in total. The summed E-state index contributed by atoms with van der Waals surface area (Å²) in [6.07, 6.45) is 6.40. The molecule has 114 valence electrons. The van der Waals surface area contributed by atoms with Crippen LogP contribution in [0.3, 0.4) is 0 Å². The molecule has 1 atom stereocenters. The van der Waals surface area contributed by atoms with Crippen molar-refractivity contribution < 1.29 is 9.18 Å². The van der Waals surface area contributed by atoms with Gasteiger partial charge >= 0.3 is 0 Å². The van der Waals surface area contributed by atoms with Crippen molar-refractivity contribution in [2.45, 2.75) is 32.2 Å². The lowest BCUT2D eigenvalue weighted by Crippen LogP contribution is -2.37. The Morgan fingerprint density at radius 3 is 2.73 bits per heavy atom. The van der Waals surface area contributed by atoms with Crippen LogP contribution in [0, 0.1) is 5.82 Å². The lowest BCUT2D eigenvalue weighted by Gasteiger charge is -2.34. The fraction of sp³-hybridized carbons (Fsp3) is 0.353. The predicted octanol–water partition coefficient (Wildman–Crippen LogP) is 3.36. The molecule has 0 radical (unpaired) electrons. The number of benzene rings is 1. The Labute approximate surface area is 129 Å². The topological polar surface area (TPSA) is 46.1 Å².